The number of sulfonamides is 1. The van der Waals surface area contributed by atoms with Gasteiger partial charge in [-0.15, -0.1) is 6.58 Å². The molecule has 1 aromatic carbocycles. The number of hydrogen-bond acceptors (Lipinski definition) is 3. The minimum Gasteiger partial charge on any atom is -0.492 e. The van der Waals surface area contributed by atoms with E-state index in [2.05, 4.69) is 11.3 Å². The van der Waals surface area contributed by atoms with E-state index in [1.807, 2.05) is 0 Å². The molecule has 4 nitrogen and oxygen atoms in total. The molecule has 0 aliphatic carbocycles. The van der Waals surface area contributed by atoms with Gasteiger partial charge in [0.2, 0.25) is 10.0 Å². The summed E-state index contributed by atoms with van der Waals surface area (Å²) in [5.74, 6) is 0.286. The fourth-order valence-corrected chi connectivity index (χ4v) is 2.62. The van der Waals surface area contributed by atoms with Gasteiger partial charge in [-0.3, -0.25) is 0 Å². The summed E-state index contributed by atoms with van der Waals surface area (Å²) in [5, 5.41) is 0.340. The van der Waals surface area contributed by atoms with Gasteiger partial charge in [-0.05, 0) is 25.1 Å². The van der Waals surface area contributed by atoms with Crippen molar-refractivity contribution in [3.8, 4) is 5.75 Å². The number of ether oxygens (including phenoxy) is 1. The first-order valence-electron chi connectivity index (χ1n) is 5.04. The van der Waals surface area contributed by atoms with Gasteiger partial charge in [0, 0.05) is 11.6 Å². The lowest BCUT2D eigenvalue weighted by atomic mass is 10.3. The van der Waals surface area contributed by atoms with Crippen molar-refractivity contribution in [1.82, 2.24) is 4.72 Å². The van der Waals surface area contributed by atoms with E-state index in [9.17, 15) is 8.42 Å². The van der Waals surface area contributed by atoms with Crippen molar-refractivity contribution in [3.05, 3.63) is 35.9 Å². The molecule has 0 bridgehead atoms. The normalized spacial score (nSPS) is 11.2. The van der Waals surface area contributed by atoms with Crippen LogP contribution >= 0.6 is 11.6 Å². The van der Waals surface area contributed by atoms with Crippen molar-refractivity contribution in [2.45, 2.75) is 11.8 Å². The van der Waals surface area contributed by atoms with Gasteiger partial charge in [-0.25, -0.2) is 13.1 Å². The summed E-state index contributed by atoms with van der Waals surface area (Å²) < 4.78 is 31.5. The second kappa shape index (κ2) is 6.05. The second-order valence-corrected chi connectivity index (χ2v) is 5.34. The first-order valence-corrected chi connectivity index (χ1v) is 6.90. The fraction of sp³-hybridized carbons (Fsp3) is 0.273. The summed E-state index contributed by atoms with van der Waals surface area (Å²) in [4.78, 5) is 0.0358. The standard InChI is InChI=1S/C11H14ClNO3S/c1-3-7-13-17(14,15)11-8-9(12)5-6-10(11)16-4-2/h3,5-6,8,13H,1,4,7H2,2H3. The Morgan fingerprint density at radius 2 is 2.24 bits per heavy atom. The average molecular weight is 276 g/mol. The molecule has 6 heteroatoms. The van der Waals surface area contributed by atoms with Gasteiger partial charge in [0.05, 0.1) is 6.61 Å². The molecule has 17 heavy (non-hydrogen) atoms. The number of benzene rings is 1. The lowest BCUT2D eigenvalue weighted by molar-refractivity contribution is 0.331. The smallest absolute Gasteiger partial charge is 0.244 e. The molecule has 0 unspecified atom stereocenters. The molecule has 1 rings (SSSR count). The zero-order chi connectivity index (χ0) is 12.9. The van der Waals surface area contributed by atoms with E-state index in [-0.39, 0.29) is 17.2 Å². The van der Waals surface area contributed by atoms with E-state index in [1.165, 1.54) is 18.2 Å². The zero-order valence-electron chi connectivity index (χ0n) is 9.44. The van der Waals surface area contributed by atoms with Gasteiger partial charge in [0.25, 0.3) is 0 Å². The van der Waals surface area contributed by atoms with Gasteiger partial charge in [0.1, 0.15) is 10.6 Å². The monoisotopic (exact) mass is 275 g/mol. The van der Waals surface area contributed by atoms with Crippen LogP contribution in [-0.2, 0) is 10.0 Å². The van der Waals surface area contributed by atoms with Crippen LogP contribution in [0.2, 0.25) is 5.02 Å². The quantitative estimate of drug-likeness (QED) is 0.810. The molecule has 0 fully saturated rings. The number of halogens is 1. The van der Waals surface area contributed by atoms with Gasteiger partial charge < -0.3 is 4.74 Å². The van der Waals surface area contributed by atoms with Crippen LogP contribution in [0.3, 0.4) is 0 Å². The minimum absolute atomic E-state index is 0.0358. The van der Waals surface area contributed by atoms with E-state index < -0.39 is 10.0 Å². The number of hydrogen-bond donors (Lipinski definition) is 1. The van der Waals surface area contributed by atoms with Crippen LogP contribution in [0.15, 0.2) is 35.7 Å². The molecule has 0 amide bonds. The average Bonchev–Trinajstić information content (AvgIpc) is 2.29. The highest BCUT2D eigenvalue weighted by Crippen LogP contribution is 2.27. The van der Waals surface area contributed by atoms with E-state index in [1.54, 1.807) is 13.0 Å². The summed E-state index contributed by atoms with van der Waals surface area (Å²) >= 11 is 5.79. The van der Waals surface area contributed by atoms with Crippen molar-refractivity contribution in [1.29, 1.82) is 0 Å². The molecule has 0 aromatic heterocycles. The van der Waals surface area contributed by atoms with Crippen molar-refractivity contribution >= 4 is 21.6 Å². The highest BCUT2D eigenvalue weighted by molar-refractivity contribution is 7.89. The highest BCUT2D eigenvalue weighted by Gasteiger charge is 2.19. The summed E-state index contributed by atoms with van der Waals surface area (Å²) in [6.45, 7) is 5.76. The predicted octanol–water partition coefficient (Wildman–Crippen LogP) is 2.20. The van der Waals surface area contributed by atoms with Crippen LogP contribution in [0.5, 0.6) is 5.75 Å². The van der Waals surface area contributed by atoms with Crippen molar-refractivity contribution in [3.63, 3.8) is 0 Å². The van der Waals surface area contributed by atoms with Gasteiger partial charge in [-0.1, -0.05) is 17.7 Å². The van der Waals surface area contributed by atoms with E-state index in [4.69, 9.17) is 16.3 Å². The zero-order valence-corrected chi connectivity index (χ0v) is 11.0. The predicted molar refractivity (Wildman–Crippen MR) is 68.0 cm³/mol. The minimum atomic E-state index is -3.63. The summed E-state index contributed by atoms with van der Waals surface area (Å²) in [6.07, 6.45) is 1.46. The fourth-order valence-electron chi connectivity index (χ4n) is 1.21. The Morgan fingerprint density at radius 1 is 1.53 bits per heavy atom. The Kier molecular flexibility index (Phi) is 4.99. The molecular formula is C11H14ClNO3S. The summed E-state index contributed by atoms with van der Waals surface area (Å²) in [7, 11) is -3.63. The lowest BCUT2D eigenvalue weighted by Gasteiger charge is -2.11. The summed E-state index contributed by atoms with van der Waals surface area (Å²) in [6, 6.07) is 4.48. The third kappa shape index (κ3) is 3.73. The lowest BCUT2D eigenvalue weighted by Crippen LogP contribution is -2.24. The highest BCUT2D eigenvalue weighted by atomic mass is 35.5. The largest absolute Gasteiger partial charge is 0.492 e. The van der Waals surface area contributed by atoms with Gasteiger partial charge >= 0.3 is 0 Å². The van der Waals surface area contributed by atoms with Crippen LogP contribution in [0.25, 0.3) is 0 Å². The number of rotatable bonds is 6. The Morgan fingerprint density at radius 3 is 2.82 bits per heavy atom. The van der Waals surface area contributed by atoms with Crippen molar-refractivity contribution in [2.24, 2.45) is 0 Å². The van der Waals surface area contributed by atoms with E-state index >= 15 is 0 Å². The van der Waals surface area contributed by atoms with Crippen LogP contribution in [0.1, 0.15) is 6.92 Å². The van der Waals surface area contributed by atoms with E-state index in [0.29, 0.717) is 11.6 Å². The molecule has 0 aliphatic rings. The third-order valence-electron chi connectivity index (χ3n) is 1.91. The molecule has 0 heterocycles. The second-order valence-electron chi connectivity index (χ2n) is 3.16. The Labute approximate surface area is 106 Å². The van der Waals surface area contributed by atoms with Crippen molar-refractivity contribution in [2.75, 3.05) is 13.2 Å². The van der Waals surface area contributed by atoms with E-state index in [0.717, 1.165) is 0 Å². The molecule has 0 spiro atoms. The third-order valence-corrected chi connectivity index (χ3v) is 3.59. The van der Waals surface area contributed by atoms with Gasteiger partial charge in [-0.2, -0.15) is 0 Å². The molecule has 1 aromatic rings. The first kappa shape index (κ1) is 14.0. The first-order chi connectivity index (χ1) is 8.01. The molecule has 94 valence electrons. The Balaban J connectivity index is 3.17. The molecule has 0 saturated carbocycles. The maximum atomic E-state index is 11.9. The molecule has 0 radical (unpaired) electrons. The Hall–Kier alpha value is -1.04. The molecule has 0 atom stereocenters. The molecule has 1 N–H and O–H groups in total. The maximum Gasteiger partial charge on any atom is 0.244 e. The van der Waals surface area contributed by atoms with Crippen LogP contribution in [-0.4, -0.2) is 21.6 Å². The molecular weight excluding hydrogens is 262 g/mol. The van der Waals surface area contributed by atoms with Crippen LogP contribution < -0.4 is 9.46 Å². The van der Waals surface area contributed by atoms with Crippen molar-refractivity contribution < 1.29 is 13.2 Å². The summed E-state index contributed by atoms with van der Waals surface area (Å²) in [5.41, 5.74) is 0. The Bertz CT molecular complexity index is 499. The van der Waals surface area contributed by atoms with Crippen LogP contribution in [0, 0.1) is 0 Å². The van der Waals surface area contributed by atoms with Crippen LogP contribution in [0.4, 0.5) is 0 Å². The maximum absolute atomic E-state index is 11.9. The number of nitrogens with one attached hydrogen (secondary N) is 1. The van der Waals surface area contributed by atoms with Gasteiger partial charge in [0.15, 0.2) is 0 Å². The SMILES string of the molecule is C=CCNS(=O)(=O)c1cc(Cl)ccc1OCC. The molecule has 0 aliphatic heterocycles. The topological polar surface area (TPSA) is 55.4 Å². The molecule has 0 saturated heterocycles.